The van der Waals surface area contributed by atoms with Crippen molar-refractivity contribution in [2.45, 2.75) is 37.8 Å². The molecule has 3 aromatic rings. The molecule has 1 aromatic heterocycles. The van der Waals surface area contributed by atoms with E-state index in [4.69, 9.17) is 4.74 Å². The highest BCUT2D eigenvalue weighted by Crippen LogP contribution is 2.35. The molecule has 0 bridgehead atoms. The van der Waals surface area contributed by atoms with Crippen LogP contribution in [0.1, 0.15) is 26.8 Å². The molecule has 30 heavy (non-hydrogen) atoms. The molecule has 0 saturated carbocycles. The first kappa shape index (κ1) is 21.5. The third-order valence-electron chi connectivity index (χ3n) is 5.31. The number of benzene rings is 2. The number of hydrogen-bond donors (Lipinski definition) is 0. The van der Waals surface area contributed by atoms with Gasteiger partial charge in [0.05, 0.1) is 22.6 Å². The Bertz CT molecular complexity index is 1180. The molecule has 0 aliphatic carbocycles. The molecule has 160 valence electrons. The molecule has 0 spiro atoms. The van der Waals surface area contributed by atoms with Gasteiger partial charge < -0.3 is 4.74 Å². The molecule has 1 fully saturated rings. The van der Waals surface area contributed by atoms with E-state index in [2.05, 4.69) is 27.7 Å². The minimum atomic E-state index is -3.65. The predicted molar refractivity (Wildman–Crippen MR) is 122 cm³/mol. The Hall–Kier alpha value is -1.72. The monoisotopic (exact) mass is 543 g/mol. The van der Waals surface area contributed by atoms with Gasteiger partial charge in [-0.3, -0.25) is 4.68 Å². The number of sulfonamides is 1. The topological polar surface area (TPSA) is 64.4 Å². The Morgan fingerprint density at radius 2 is 1.87 bits per heavy atom. The molecule has 2 heterocycles. The Morgan fingerprint density at radius 1 is 1.17 bits per heavy atom. The lowest BCUT2D eigenvalue weighted by molar-refractivity contribution is 0.242. The van der Waals surface area contributed by atoms with E-state index < -0.39 is 10.0 Å². The molecule has 6 nitrogen and oxygen atoms in total. The van der Waals surface area contributed by atoms with Crippen molar-refractivity contribution >= 4 is 43.5 Å². The third-order valence-corrected chi connectivity index (χ3v) is 7.95. The van der Waals surface area contributed by atoms with Gasteiger partial charge in [-0.25, -0.2) is 12.8 Å². The molecule has 2 aromatic carbocycles. The highest BCUT2D eigenvalue weighted by Gasteiger charge is 2.39. The van der Waals surface area contributed by atoms with Crippen LogP contribution in [0.15, 0.2) is 47.4 Å². The van der Waals surface area contributed by atoms with Crippen LogP contribution < -0.4 is 4.74 Å². The summed E-state index contributed by atoms with van der Waals surface area (Å²) in [5.74, 6) is 0.334. The van der Waals surface area contributed by atoms with Crippen molar-refractivity contribution in [1.82, 2.24) is 14.1 Å². The van der Waals surface area contributed by atoms with E-state index in [0.29, 0.717) is 17.8 Å². The van der Waals surface area contributed by atoms with Gasteiger partial charge in [-0.15, -0.1) is 0 Å². The molecule has 1 saturated heterocycles. The second-order valence-electron chi connectivity index (χ2n) is 7.90. The summed E-state index contributed by atoms with van der Waals surface area (Å²) in [5.41, 5.74) is 0.686. The van der Waals surface area contributed by atoms with Crippen LogP contribution >= 0.6 is 22.6 Å². The highest BCUT2D eigenvalue weighted by molar-refractivity contribution is 14.1. The fourth-order valence-electron chi connectivity index (χ4n) is 3.86. The number of nitrogens with zero attached hydrogens (tertiary/aromatic N) is 3. The summed E-state index contributed by atoms with van der Waals surface area (Å²) in [6, 6.07) is 10.9. The summed E-state index contributed by atoms with van der Waals surface area (Å²) in [6.07, 6.45) is 0.0178. The second kappa shape index (κ2) is 8.08. The standard InChI is InChI=1S/C21H23FIN3O3S/c1-13(2)29-16-5-7-17(8-6-16)30(27,28)25-11-14(3)20(12-25)26-19-10-15(22)4-9-18(19)21(23)24-26/h4-10,13-14,20H,11-12H2,1-3H3/t14-,20+/m1/s1. The molecule has 0 unspecified atom stereocenters. The van der Waals surface area contributed by atoms with Crippen molar-refractivity contribution in [1.29, 1.82) is 0 Å². The first-order valence-corrected chi connectivity index (χ1v) is 12.3. The molecule has 0 amide bonds. The average molecular weight is 543 g/mol. The minimum Gasteiger partial charge on any atom is -0.491 e. The van der Waals surface area contributed by atoms with Gasteiger partial charge in [0.1, 0.15) is 15.3 Å². The van der Waals surface area contributed by atoms with Crippen LogP contribution in [0.5, 0.6) is 5.75 Å². The zero-order chi connectivity index (χ0) is 21.6. The van der Waals surface area contributed by atoms with E-state index in [-0.39, 0.29) is 35.3 Å². The maximum absolute atomic E-state index is 13.8. The largest absolute Gasteiger partial charge is 0.491 e. The first-order chi connectivity index (χ1) is 14.2. The number of fused-ring (bicyclic) bond motifs is 1. The molecule has 1 aliphatic heterocycles. The number of rotatable bonds is 5. The minimum absolute atomic E-state index is 0.0178. The Balaban J connectivity index is 1.62. The van der Waals surface area contributed by atoms with Gasteiger partial charge in [0.2, 0.25) is 10.0 Å². The molecule has 0 N–H and O–H groups in total. The number of aromatic nitrogens is 2. The molecule has 1 aliphatic rings. The van der Waals surface area contributed by atoms with E-state index in [1.807, 2.05) is 20.8 Å². The lowest BCUT2D eigenvalue weighted by Crippen LogP contribution is -2.29. The van der Waals surface area contributed by atoms with Crippen LogP contribution in [-0.2, 0) is 10.0 Å². The quantitative estimate of drug-likeness (QED) is 0.447. The van der Waals surface area contributed by atoms with Gasteiger partial charge >= 0.3 is 0 Å². The summed E-state index contributed by atoms with van der Waals surface area (Å²) in [7, 11) is -3.65. The van der Waals surface area contributed by atoms with Crippen LogP contribution in [0, 0.1) is 15.4 Å². The van der Waals surface area contributed by atoms with E-state index in [0.717, 1.165) is 9.09 Å². The van der Waals surface area contributed by atoms with Gasteiger partial charge in [0, 0.05) is 18.5 Å². The van der Waals surface area contributed by atoms with E-state index >= 15 is 0 Å². The first-order valence-electron chi connectivity index (χ1n) is 9.77. The maximum atomic E-state index is 13.8. The molecule has 9 heteroatoms. The summed E-state index contributed by atoms with van der Waals surface area (Å²) < 4.78 is 49.9. The summed E-state index contributed by atoms with van der Waals surface area (Å²) in [6.45, 7) is 6.51. The van der Waals surface area contributed by atoms with Gasteiger partial charge in [0.15, 0.2) is 0 Å². The van der Waals surface area contributed by atoms with E-state index in [1.165, 1.54) is 16.4 Å². The SMILES string of the molecule is CC(C)Oc1ccc(S(=O)(=O)N2C[C@@H](C)[C@@H](n3nc(I)c4ccc(F)cc43)C2)cc1. The lowest BCUT2D eigenvalue weighted by Gasteiger charge is -2.18. The average Bonchev–Trinajstić information content (AvgIpc) is 3.22. The molecular formula is C21H23FIN3O3S. The van der Waals surface area contributed by atoms with Gasteiger partial charge in [0.25, 0.3) is 0 Å². The summed E-state index contributed by atoms with van der Waals surface area (Å²) in [5, 5.41) is 5.46. The Labute approximate surface area is 189 Å². The van der Waals surface area contributed by atoms with Crippen molar-refractivity contribution in [2.75, 3.05) is 13.1 Å². The van der Waals surface area contributed by atoms with Crippen molar-refractivity contribution in [3.63, 3.8) is 0 Å². The zero-order valence-electron chi connectivity index (χ0n) is 16.9. The number of hydrogen-bond acceptors (Lipinski definition) is 4. The smallest absolute Gasteiger partial charge is 0.243 e. The van der Waals surface area contributed by atoms with Crippen LogP contribution in [0.25, 0.3) is 10.9 Å². The van der Waals surface area contributed by atoms with Crippen LogP contribution in [0.4, 0.5) is 4.39 Å². The lowest BCUT2D eigenvalue weighted by atomic mass is 10.1. The predicted octanol–water partition coefficient (Wildman–Crippen LogP) is 4.45. The zero-order valence-corrected chi connectivity index (χ0v) is 19.9. The number of ether oxygens (including phenoxy) is 1. The third kappa shape index (κ3) is 3.94. The van der Waals surface area contributed by atoms with Gasteiger partial charge in [-0.1, -0.05) is 6.92 Å². The van der Waals surface area contributed by atoms with E-state index in [9.17, 15) is 12.8 Å². The van der Waals surface area contributed by atoms with Crippen molar-refractivity contribution < 1.29 is 17.5 Å². The fourth-order valence-corrected chi connectivity index (χ4v) is 6.10. The second-order valence-corrected chi connectivity index (χ2v) is 10.9. The Morgan fingerprint density at radius 3 is 2.53 bits per heavy atom. The van der Waals surface area contributed by atoms with Crippen molar-refractivity contribution in [3.05, 3.63) is 52.0 Å². The van der Waals surface area contributed by atoms with Gasteiger partial charge in [-0.2, -0.15) is 9.40 Å². The van der Waals surface area contributed by atoms with Crippen LogP contribution in [0.2, 0.25) is 0 Å². The summed E-state index contributed by atoms with van der Waals surface area (Å²) in [4.78, 5) is 0.234. The number of halogens is 2. The Kier molecular flexibility index (Phi) is 5.80. The normalized spacial score (nSPS) is 20.3. The van der Waals surface area contributed by atoms with Crippen LogP contribution in [0.3, 0.4) is 0 Å². The molecule has 4 rings (SSSR count). The maximum Gasteiger partial charge on any atom is 0.243 e. The van der Waals surface area contributed by atoms with Crippen molar-refractivity contribution in [3.8, 4) is 5.75 Å². The fraction of sp³-hybridized carbons (Fsp3) is 0.381. The van der Waals surface area contributed by atoms with Gasteiger partial charge in [-0.05, 0) is 84.8 Å². The molecule has 2 atom stereocenters. The van der Waals surface area contributed by atoms with Crippen LogP contribution in [-0.4, -0.2) is 41.7 Å². The molecular weight excluding hydrogens is 520 g/mol. The highest BCUT2D eigenvalue weighted by atomic mass is 127. The van der Waals surface area contributed by atoms with Crippen molar-refractivity contribution in [2.24, 2.45) is 5.92 Å². The molecule has 0 radical (unpaired) electrons. The van der Waals surface area contributed by atoms with E-state index in [1.54, 1.807) is 35.0 Å². The summed E-state index contributed by atoms with van der Waals surface area (Å²) >= 11 is 2.13.